The number of aliphatic hydroxyl groups is 2. The standard InChI is InChI=1S/C18H26O4/c1-13(2)16-11-14-5-3-4-6-15(14)18(16)17(12-20)22-10-9-21-8-7-19/h3-6,13,17,19-20H,7-12H2,1-2H3. The first kappa shape index (κ1) is 17.2. The lowest BCUT2D eigenvalue weighted by Gasteiger charge is -2.21. The lowest BCUT2D eigenvalue weighted by atomic mass is 9.94. The topological polar surface area (TPSA) is 58.9 Å². The molecule has 2 rings (SSSR count). The van der Waals surface area contributed by atoms with Gasteiger partial charge in [-0.05, 0) is 29.0 Å². The van der Waals surface area contributed by atoms with E-state index in [1.165, 1.54) is 16.7 Å². The molecule has 1 aliphatic carbocycles. The van der Waals surface area contributed by atoms with E-state index >= 15 is 0 Å². The van der Waals surface area contributed by atoms with Gasteiger partial charge in [0.1, 0.15) is 6.10 Å². The number of hydrogen-bond acceptors (Lipinski definition) is 4. The average molecular weight is 306 g/mol. The number of hydrogen-bond donors (Lipinski definition) is 2. The molecule has 2 N–H and O–H groups in total. The molecule has 0 spiro atoms. The molecule has 0 saturated carbocycles. The molecule has 0 saturated heterocycles. The van der Waals surface area contributed by atoms with Gasteiger partial charge in [0.2, 0.25) is 0 Å². The molecule has 1 aliphatic rings. The van der Waals surface area contributed by atoms with Crippen LogP contribution in [0.2, 0.25) is 0 Å². The van der Waals surface area contributed by atoms with Crippen LogP contribution in [0.4, 0.5) is 0 Å². The number of allylic oxidation sites excluding steroid dienone is 1. The summed E-state index contributed by atoms with van der Waals surface area (Å²) in [4.78, 5) is 0. The Labute approximate surface area is 132 Å². The molecule has 0 heterocycles. The first-order chi connectivity index (χ1) is 10.7. The summed E-state index contributed by atoms with van der Waals surface area (Å²) in [5.41, 5.74) is 4.98. The summed E-state index contributed by atoms with van der Waals surface area (Å²) in [5, 5.41) is 18.5. The highest BCUT2D eigenvalue weighted by Crippen LogP contribution is 2.39. The Bertz CT molecular complexity index is 508. The summed E-state index contributed by atoms with van der Waals surface area (Å²) < 4.78 is 11.1. The Hall–Kier alpha value is -1.20. The minimum Gasteiger partial charge on any atom is -0.394 e. The lowest BCUT2D eigenvalue weighted by molar-refractivity contribution is -0.000745. The highest BCUT2D eigenvalue weighted by atomic mass is 16.5. The predicted octanol–water partition coefficient (Wildman–Crippen LogP) is 2.04. The van der Waals surface area contributed by atoms with Gasteiger partial charge in [-0.25, -0.2) is 0 Å². The van der Waals surface area contributed by atoms with Crippen LogP contribution in [0.15, 0.2) is 29.8 Å². The maximum absolute atomic E-state index is 9.77. The molecule has 1 aromatic rings. The van der Waals surface area contributed by atoms with Gasteiger partial charge < -0.3 is 19.7 Å². The van der Waals surface area contributed by atoms with Gasteiger partial charge >= 0.3 is 0 Å². The van der Waals surface area contributed by atoms with Crippen molar-refractivity contribution in [2.45, 2.75) is 26.4 Å². The lowest BCUT2D eigenvalue weighted by Crippen LogP contribution is -2.23. The Kier molecular flexibility index (Phi) is 6.58. The van der Waals surface area contributed by atoms with Crippen LogP contribution in [0.3, 0.4) is 0 Å². The van der Waals surface area contributed by atoms with Crippen molar-refractivity contribution in [2.75, 3.05) is 33.0 Å². The summed E-state index contributed by atoms with van der Waals surface area (Å²) in [6.45, 7) is 5.47. The zero-order valence-corrected chi connectivity index (χ0v) is 13.4. The Balaban J connectivity index is 2.12. The molecule has 1 atom stereocenters. The second-order valence-electron chi connectivity index (χ2n) is 5.81. The highest BCUT2D eigenvalue weighted by Gasteiger charge is 2.28. The Morgan fingerprint density at radius 2 is 1.86 bits per heavy atom. The van der Waals surface area contributed by atoms with Crippen LogP contribution in [-0.2, 0) is 15.9 Å². The summed E-state index contributed by atoms with van der Waals surface area (Å²) in [7, 11) is 0. The van der Waals surface area contributed by atoms with Gasteiger partial charge in [0.25, 0.3) is 0 Å². The number of aliphatic hydroxyl groups excluding tert-OH is 2. The van der Waals surface area contributed by atoms with Crippen molar-refractivity contribution in [1.29, 1.82) is 0 Å². The molecule has 0 fully saturated rings. The third-order valence-electron chi connectivity index (χ3n) is 4.00. The third kappa shape index (κ3) is 3.96. The van der Waals surface area contributed by atoms with Gasteiger partial charge in [-0.15, -0.1) is 0 Å². The molecule has 0 radical (unpaired) electrons. The van der Waals surface area contributed by atoms with E-state index in [0.717, 1.165) is 12.0 Å². The fraction of sp³-hybridized carbons (Fsp3) is 0.556. The molecule has 4 heteroatoms. The van der Waals surface area contributed by atoms with Crippen LogP contribution < -0.4 is 0 Å². The predicted molar refractivity (Wildman–Crippen MR) is 86.6 cm³/mol. The van der Waals surface area contributed by atoms with Crippen LogP contribution in [0.5, 0.6) is 0 Å². The molecule has 4 nitrogen and oxygen atoms in total. The quantitative estimate of drug-likeness (QED) is 0.686. The number of fused-ring (bicyclic) bond motifs is 1. The Morgan fingerprint density at radius 1 is 1.09 bits per heavy atom. The molecule has 122 valence electrons. The summed E-state index contributed by atoms with van der Waals surface area (Å²) in [5.74, 6) is 0.422. The van der Waals surface area contributed by atoms with Gasteiger partial charge in [0.15, 0.2) is 0 Å². The maximum atomic E-state index is 9.77. The van der Waals surface area contributed by atoms with E-state index in [-0.39, 0.29) is 19.3 Å². The van der Waals surface area contributed by atoms with Gasteiger partial charge in [-0.2, -0.15) is 0 Å². The van der Waals surface area contributed by atoms with Crippen molar-refractivity contribution in [3.8, 4) is 0 Å². The molecule has 22 heavy (non-hydrogen) atoms. The summed E-state index contributed by atoms with van der Waals surface area (Å²) in [6.07, 6.45) is 0.614. The van der Waals surface area contributed by atoms with E-state index in [2.05, 4.69) is 32.0 Å². The maximum Gasteiger partial charge on any atom is 0.106 e. The van der Waals surface area contributed by atoms with E-state index in [4.69, 9.17) is 14.6 Å². The molecule has 0 amide bonds. The van der Waals surface area contributed by atoms with Gasteiger partial charge in [-0.1, -0.05) is 43.7 Å². The van der Waals surface area contributed by atoms with E-state index in [1.807, 2.05) is 6.07 Å². The van der Waals surface area contributed by atoms with Crippen LogP contribution >= 0.6 is 0 Å². The molecular formula is C18H26O4. The molecule has 1 unspecified atom stereocenters. The van der Waals surface area contributed by atoms with E-state index in [1.54, 1.807) is 0 Å². The van der Waals surface area contributed by atoms with E-state index < -0.39 is 0 Å². The molecule has 0 aromatic heterocycles. The van der Waals surface area contributed by atoms with Crippen molar-refractivity contribution < 1.29 is 19.7 Å². The van der Waals surface area contributed by atoms with Crippen molar-refractivity contribution in [3.05, 3.63) is 41.0 Å². The highest BCUT2D eigenvalue weighted by molar-refractivity contribution is 5.79. The van der Waals surface area contributed by atoms with Crippen LogP contribution in [0.25, 0.3) is 5.57 Å². The summed E-state index contributed by atoms with van der Waals surface area (Å²) >= 11 is 0. The zero-order valence-electron chi connectivity index (χ0n) is 13.4. The van der Waals surface area contributed by atoms with E-state index in [0.29, 0.717) is 25.7 Å². The fourth-order valence-corrected chi connectivity index (χ4v) is 2.95. The molecule has 1 aromatic carbocycles. The van der Waals surface area contributed by atoms with Crippen LogP contribution in [-0.4, -0.2) is 49.4 Å². The monoisotopic (exact) mass is 306 g/mol. The van der Waals surface area contributed by atoms with Crippen molar-refractivity contribution in [2.24, 2.45) is 5.92 Å². The smallest absolute Gasteiger partial charge is 0.106 e. The first-order valence-electron chi connectivity index (χ1n) is 7.91. The number of benzene rings is 1. The second-order valence-corrected chi connectivity index (χ2v) is 5.81. The van der Waals surface area contributed by atoms with Crippen LogP contribution in [0, 0.1) is 5.92 Å². The van der Waals surface area contributed by atoms with Gasteiger partial charge in [-0.3, -0.25) is 0 Å². The van der Waals surface area contributed by atoms with E-state index in [9.17, 15) is 5.11 Å². The third-order valence-corrected chi connectivity index (χ3v) is 4.00. The molecule has 0 aliphatic heterocycles. The minimum atomic E-state index is -0.321. The van der Waals surface area contributed by atoms with Crippen molar-refractivity contribution in [1.82, 2.24) is 0 Å². The minimum absolute atomic E-state index is 0.0133. The fourth-order valence-electron chi connectivity index (χ4n) is 2.95. The largest absolute Gasteiger partial charge is 0.394 e. The zero-order chi connectivity index (χ0) is 15.9. The average Bonchev–Trinajstić information content (AvgIpc) is 2.91. The Morgan fingerprint density at radius 3 is 2.55 bits per heavy atom. The summed E-state index contributed by atoms with van der Waals surface area (Å²) in [6, 6.07) is 8.33. The molecular weight excluding hydrogens is 280 g/mol. The second kappa shape index (κ2) is 8.44. The SMILES string of the molecule is CC(C)C1=C(C(CO)OCCOCCO)c2ccccc2C1. The number of ether oxygens (including phenoxy) is 2. The normalized spacial score (nSPS) is 15.5. The number of rotatable bonds is 9. The molecule has 0 bridgehead atoms. The van der Waals surface area contributed by atoms with Crippen molar-refractivity contribution >= 4 is 5.57 Å². The van der Waals surface area contributed by atoms with Gasteiger partial charge in [0, 0.05) is 0 Å². The first-order valence-corrected chi connectivity index (χ1v) is 7.91. The van der Waals surface area contributed by atoms with Crippen LogP contribution in [0.1, 0.15) is 25.0 Å². The van der Waals surface area contributed by atoms with Crippen molar-refractivity contribution in [3.63, 3.8) is 0 Å². The van der Waals surface area contributed by atoms with Gasteiger partial charge in [0.05, 0.1) is 33.0 Å².